The van der Waals surface area contributed by atoms with Gasteiger partial charge in [-0.3, -0.25) is 4.98 Å². The number of aliphatic hydroxyl groups is 1. The fraction of sp³-hybridized carbons (Fsp3) is 0.100. The van der Waals surface area contributed by atoms with Crippen molar-refractivity contribution in [1.82, 2.24) is 15.0 Å². The summed E-state index contributed by atoms with van der Waals surface area (Å²) in [5, 5.41) is 9.98. The average molecular weight is 266 g/mol. The zero-order valence-electron chi connectivity index (χ0n) is 7.71. The molecule has 0 fully saturated rings. The zero-order chi connectivity index (χ0) is 10.7. The van der Waals surface area contributed by atoms with Gasteiger partial charge in [0.2, 0.25) is 0 Å². The minimum Gasteiger partial charge on any atom is -0.383 e. The Morgan fingerprint density at radius 1 is 1.00 bits per heavy atom. The lowest BCUT2D eigenvalue weighted by molar-refractivity contribution is 0.219. The van der Waals surface area contributed by atoms with Gasteiger partial charge < -0.3 is 5.11 Å². The first-order valence-corrected chi connectivity index (χ1v) is 5.10. The summed E-state index contributed by atoms with van der Waals surface area (Å²) in [5.74, 6) is 0. The Labute approximate surface area is 95.2 Å². The van der Waals surface area contributed by atoms with Gasteiger partial charge >= 0.3 is 0 Å². The van der Waals surface area contributed by atoms with Crippen LogP contribution in [-0.4, -0.2) is 20.1 Å². The van der Waals surface area contributed by atoms with Crippen LogP contribution in [0, 0.1) is 0 Å². The van der Waals surface area contributed by atoms with Crippen molar-refractivity contribution in [2.75, 3.05) is 0 Å². The van der Waals surface area contributed by atoms with E-state index in [1.54, 1.807) is 24.8 Å². The molecule has 1 atom stereocenters. The first kappa shape index (κ1) is 10.2. The Bertz CT molecular complexity index is 449. The van der Waals surface area contributed by atoms with E-state index in [2.05, 4.69) is 30.9 Å². The normalized spacial score (nSPS) is 12.4. The second kappa shape index (κ2) is 4.46. The highest BCUT2D eigenvalue weighted by Gasteiger charge is 2.11. The molecule has 0 saturated carbocycles. The molecule has 2 aromatic rings. The molecule has 2 rings (SSSR count). The molecule has 0 aromatic carbocycles. The Kier molecular flexibility index (Phi) is 3.03. The van der Waals surface area contributed by atoms with Crippen LogP contribution >= 0.6 is 15.9 Å². The van der Waals surface area contributed by atoms with Gasteiger partial charge in [0.15, 0.2) is 0 Å². The predicted octanol–water partition coefficient (Wildman–Crippen LogP) is 1.72. The van der Waals surface area contributed by atoms with E-state index in [9.17, 15) is 5.11 Å². The maximum Gasteiger partial charge on any atom is 0.115 e. The van der Waals surface area contributed by atoms with Gasteiger partial charge in [0.1, 0.15) is 12.4 Å². The van der Waals surface area contributed by atoms with Crippen LogP contribution < -0.4 is 0 Å². The van der Waals surface area contributed by atoms with Crippen molar-refractivity contribution in [3.05, 3.63) is 52.8 Å². The molecule has 5 heteroatoms. The van der Waals surface area contributed by atoms with Crippen molar-refractivity contribution in [3.8, 4) is 0 Å². The van der Waals surface area contributed by atoms with Crippen LogP contribution in [0.1, 0.15) is 17.2 Å². The highest BCUT2D eigenvalue weighted by Crippen LogP contribution is 2.21. The van der Waals surface area contributed by atoms with E-state index in [4.69, 9.17) is 0 Å². The molecule has 0 radical (unpaired) electrons. The third-order valence-electron chi connectivity index (χ3n) is 1.94. The minimum absolute atomic E-state index is 0.650. The van der Waals surface area contributed by atoms with Crippen LogP contribution in [0.5, 0.6) is 0 Å². The Hall–Kier alpha value is -1.33. The molecule has 15 heavy (non-hydrogen) atoms. The molecule has 0 aliphatic heterocycles. The lowest BCUT2D eigenvalue weighted by Crippen LogP contribution is -2.01. The average Bonchev–Trinajstić information content (AvgIpc) is 2.29. The van der Waals surface area contributed by atoms with Gasteiger partial charge in [0.25, 0.3) is 0 Å². The maximum absolute atomic E-state index is 9.98. The van der Waals surface area contributed by atoms with E-state index in [1.165, 1.54) is 6.33 Å². The van der Waals surface area contributed by atoms with Gasteiger partial charge in [-0.15, -0.1) is 0 Å². The topological polar surface area (TPSA) is 58.9 Å². The molecule has 0 aliphatic rings. The lowest BCUT2D eigenvalue weighted by atomic mass is 10.1. The van der Waals surface area contributed by atoms with E-state index in [1.807, 2.05) is 6.07 Å². The SMILES string of the molecule is OC(c1cncnc1)c1cncc(Br)c1. The van der Waals surface area contributed by atoms with Gasteiger partial charge in [0.05, 0.1) is 0 Å². The van der Waals surface area contributed by atoms with E-state index in [0.717, 1.165) is 4.47 Å². The first-order chi connectivity index (χ1) is 7.27. The Morgan fingerprint density at radius 2 is 1.67 bits per heavy atom. The maximum atomic E-state index is 9.98. The third-order valence-corrected chi connectivity index (χ3v) is 2.37. The fourth-order valence-electron chi connectivity index (χ4n) is 1.22. The smallest absolute Gasteiger partial charge is 0.115 e. The van der Waals surface area contributed by atoms with Crippen molar-refractivity contribution >= 4 is 15.9 Å². The van der Waals surface area contributed by atoms with E-state index in [0.29, 0.717) is 11.1 Å². The van der Waals surface area contributed by atoms with Crippen LogP contribution in [0.3, 0.4) is 0 Å². The summed E-state index contributed by atoms with van der Waals surface area (Å²) < 4.78 is 0.830. The summed E-state index contributed by atoms with van der Waals surface area (Å²) >= 11 is 3.30. The number of rotatable bonds is 2. The Morgan fingerprint density at radius 3 is 2.33 bits per heavy atom. The predicted molar refractivity (Wildman–Crippen MR) is 58.0 cm³/mol. The van der Waals surface area contributed by atoms with Crippen LogP contribution in [0.2, 0.25) is 0 Å². The largest absolute Gasteiger partial charge is 0.383 e. The lowest BCUT2D eigenvalue weighted by Gasteiger charge is -2.09. The molecule has 4 nitrogen and oxygen atoms in total. The van der Waals surface area contributed by atoms with E-state index >= 15 is 0 Å². The van der Waals surface area contributed by atoms with Gasteiger partial charge in [-0.1, -0.05) is 0 Å². The van der Waals surface area contributed by atoms with Crippen LogP contribution in [-0.2, 0) is 0 Å². The van der Waals surface area contributed by atoms with Gasteiger partial charge in [-0.2, -0.15) is 0 Å². The van der Waals surface area contributed by atoms with Crippen molar-refractivity contribution in [2.45, 2.75) is 6.10 Å². The molecule has 0 aliphatic carbocycles. The van der Waals surface area contributed by atoms with Crippen molar-refractivity contribution < 1.29 is 5.11 Å². The van der Waals surface area contributed by atoms with Gasteiger partial charge in [-0.25, -0.2) is 9.97 Å². The number of pyridine rings is 1. The van der Waals surface area contributed by atoms with Crippen LogP contribution in [0.25, 0.3) is 0 Å². The quantitative estimate of drug-likeness (QED) is 0.899. The van der Waals surface area contributed by atoms with Crippen molar-refractivity contribution in [2.24, 2.45) is 0 Å². The molecule has 0 amide bonds. The molecule has 76 valence electrons. The first-order valence-electron chi connectivity index (χ1n) is 4.31. The summed E-state index contributed by atoms with van der Waals surface area (Å²) in [4.78, 5) is 11.7. The van der Waals surface area contributed by atoms with Crippen molar-refractivity contribution in [3.63, 3.8) is 0 Å². The molecule has 1 N–H and O–H groups in total. The number of nitrogens with zero attached hydrogens (tertiary/aromatic N) is 3. The van der Waals surface area contributed by atoms with E-state index in [-0.39, 0.29) is 0 Å². The summed E-state index contributed by atoms with van der Waals surface area (Å²) in [5.41, 5.74) is 1.36. The monoisotopic (exact) mass is 265 g/mol. The molecule has 0 bridgehead atoms. The second-order valence-corrected chi connectivity index (χ2v) is 3.93. The number of hydrogen-bond acceptors (Lipinski definition) is 4. The minimum atomic E-state index is -0.740. The fourth-order valence-corrected chi connectivity index (χ4v) is 1.60. The summed E-state index contributed by atoms with van der Waals surface area (Å²) in [6, 6.07) is 1.81. The van der Waals surface area contributed by atoms with Gasteiger partial charge in [-0.05, 0) is 22.0 Å². The van der Waals surface area contributed by atoms with E-state index < -0.39 is 6.10 Å². The molecule has 0 saturated heterocycles. The number of halogens is 1. The highest BCUT2D eigenvalue weighted by atomic mass is 79.9. The molecule has 0 spiro atoms. The summed E-state index contributed by atoms with van der Waals surface area (Å²) in [7, 11) is 0. The highest BCUT2D eigenvalue weighted by molar-refractivity contribution is 9.10. The Balaban J connectivity index is 2.32. The molecular formula is C10H8BrN3O. The second-order valence-electron chi connectivity index (χ2n) is 3.01. The zero-order valence-corrected chi connectivity index (χ0v) is 9.29. The number of hydrogen-bond donors (Lipinski definition) is 1. The van der Waals surface area contributed by atoms with Crippen LogP contribution in [0.15, 0.2) is 41.7 Å². The molecular weight excluding hydrogens is 258 g/mol. The number of aliphatic hydroxyl groups excluding tert-OH is 1. The number of aromatic nitrogens is 3. The van der Waals surface area contributed by atoms with Crippen molar-refractivity contribution in [1.29, 1.82) is 0 Å². The standard InChI is InChI=1S/C10H8BrN3O/c11-9-1-7(2-12-5-9)10(15)8-3-13-6-14-4-8/h1-6,10,15H. The molecule has 2 heterocycles. The molecule has 2 aromatic heterocycles. The summed E-state index contributed by atoms with van der Waals surface area (Å²) in [6.45, 7) is 0. The summed E-state index contributed by atoms with van der Waals surface area (Å²) in [6.07, 6.45) is 7.13. The van der Waals surface area contributed by atoms with Crippen LogP contribution in [0.4, 0.5) is 0 Å². The van der Waals surface area contributed by atoms with Gasteiger partial charge in [0, 0.05) is 40.4 Å². The third kappa shape index (κ3) is 2.37. The molecule has 1 unspecified atom stereocenters.